The number of fused-ring (bicyclic) bond motifs is 1. The number of aromatic nitrogens is 3. The highest BCUT2D eigenvalue weighted by Crippen LogP contribution is 2.41. The van der Waals surface area contributed by atoms with E-state index in [9.17, 15) is 8.94 Å². The number of hydrogen-bond acceptors (Lipinski definition) is 3. The SMILES string of the molecule is [O-][S@@+](c1nc2n(n1)[C@H](c1ccccc1)C[C@@H]2F)C1CC1. The third-order valence-corrected chi connectivity index (χ3v) is 5.44. The summed E-state index contributed by atoms with van der Waals surface area (Å²) in [6.45, 7) is 0. The largest absolute Gasteiger partial charge is 0.609 e. The van der Waals surface area contributed by atoms with Gasteiger partial charge >= 0.3 is 5.16 Å². The first-order chi connectivity index (χ1) is 9.74. The molecule has 2 aliphatic rings. The standard InChI is InChI=1S/C14H14FN3OS/c15-11-8-12(9-4-2-1-3-5-9)18-13(11)16-14(17-18)20(19)10-6-7-10/h1-5,10-12H,6-8H2/t11-,12-,20+/m0/s1. The second-order valence-electron chi connectivity index (χ2n) is 5.32. The minimum absolute atomic E-state index is 0.140. The second-order valence-corrected chi connectivity index (χ2v) is 6.95. The highest BCUT2D eigenvalue weighted by atomic mass is 32.2. The fraction of sp³-hybridized carbons (Fsp3) is 0.429. The number of benzene rings is 1. The van der Waals surface area contributed by atoms with Crippen molar-refractivity contribution in [3.63, 3.8) is 0 Å². The van der Waals surface area contributed by atoms with E-state index in [1.54, 1.807) is 4.68 Å². The number of halogens is 1. The molecule has 0 N–H and O–H groups in total. The van der Waals surface area contributed by atoms with Crippen LogP contribution in [0.4, 0.5) is 4.39 Å². The molecule has 0 radical (unpaired) electrons. The van der Waals surface area contributed by atoms with Gasteiger partial charge in [0.15, 0.2) is 12.0 Å². The lowest BCUT2D eigenvalue weighted by Crippen LogP contribution is -2.12. The number of rotatable bonds is 3. The molecular weight excluding hydrogens is 277 g/mol. The normalized spacial score (nSPS) is 26.5. The van der Waals surface area contributed by atoms with E-state index in [1.165, 1.54) is 0 Å². The van der Waals surface area contributed by atoms with E-state index in [4.69, 9.17) is 0 Å². The summed E-state index contributed by atoms with van der Waals surface area (Å²) in [5.74, 6) is 0.322. The Balaban J connectivity index is 1.71. The first-order valence-electron chi connectivity index (χ1n) is 6.80. The number of alkyl halides is 1. The molecule has 3 atom stereocenters. The Morgan fingerprint density at radius 2 is 2.00 bits per heavy atom. The van der Waals surface area contributed by atoms with Crippen molar-refractivity contribution in [3.05, 3.63) is 41.7 Å². The molecule has 1 saturated carbocycles. The lowest BCUT2D eigenvalue weighted by atomic mass is 10.0. The van der Waals surface area contributed by atoms with Crippen LogP contribution in [0, 0.1) is 0 Å². The van der Waals surface area contributed by atoms with E-state index >= 15 is 0 Å². The molecule has 1 fully saturated rings. The van der Waals surface area contributed by atoms with Crippen LogP contribution in [0.3, 0.4) is 0 Å². The van der Waals surface area contributed by atoms with Crippen molar-refractivity contribution in [2.24, 2.45) is 0 Å². The van der Waals surface area contributed by atoms with Crippen molar-refractivity contribution in [1.29, 1.82) is 0 Å². The Labute approximate surface area is 119 Å². The van der Waals surface area contributed by atoms with E-state index in [-0.39, 0.29) is 11.3 Å². The summed E-state index contributed by atoms with van der Waals surface area (Å²) in [6, 6.07) is 9.58. The average molecular weight is 291 g/mol. The summed E-state index contributed by atoms with van der Waals surface area (Å²) in [4.78, 5) is 4.19. The van der Waals surface area contributed by atoms with Crippen molar-refractivity contribution < 1.29 is 8.94 Å². The fourth-order valence-electron chi connectivity index (χ4n) is 2.63. The Kier molecular flexibility index (Phi) is 2.82. The minimum atomic E-state index is -1.18. The van der Waals surface area contributed by atoms with Crippen LogP contribution >= 0.6 is 0 Å². The maximum Gasteiger partial charge on any atom is 0.361 e. The summed E-state index contributed by atoms with van der Waals surface area (Å²) in [5, 5.41) is 4.80. The molecule has 6 heteroatoms. The van der Waals surface area contributed by atoms with Gasteiger partial charge in [0.05, 0.1) is 6.04 Å². The zero-order valence-corrected chi connectivity index (χ0v) is 11.6. The van der Waals surface area contributed by atoms with E-state index < -0.39 is 17.3 Å². The molecule has 1 aliphatic heterocycles. The van der Waals surface area contributed by atoms with Gasteiger partial charge in [-0.25, -0.2) is 9.07 Å². The van der Waals surface area contributed by atoms with Gasteiger partial charge in [0.2, 0.25) is 0 Å². The Bertz CT molecular complexity index is 629. The van der Waals surface area contributed by atoms with Gasteiger partial charge in [0, 0.05) is 30.4 Å². The molecule has 4 nitrogen and oxygen atoms in total. The zero-order chi connectivity index (χ0) is 13.7. The Morgan fingerprint density at radius 3 is 2.70 bits per heavy atom. The highest BCUT2D eigenvalue weighted by molar-refractivity contribution is 7.92. The van der Waals surface area contributed by atoms with E-state index in [2.05, 4.69) is 10.1 Å². The number of hydrogen-bond donors (Lipinski definition) is 0. The summed E-state index contributed by atoms with van der Waals surface area (Å²) in [7, 11) is 0. The van der Waals surface area contributed by atoms with Crippen LogP contribution in [0.5, 0.6) is 0 Å². The summed E-state index contributed by atoms with van der Waals surface area (Å²) >= 11 is -1.18. The maximum atomic E-state index is 14.1. The van der Waals surface area contributed by atoms with Crippen LogP contribution in [0.2, 0.25) is 0 Å². The molecule has 2 aromatic rings. The molecule has 1 aliphatic carbocycles. The van der Waals surface area contributed by atoms with Crippen molar-refractivity contribution in [2.75, 3.05) is 0 Å². The molecule has 1 aromatic heterocycles. The molecule has 20 heavy (non-hydrogen) atoms. The van der Waals surface area contributed by atoms with Crippen LogP contribution in [-0.4, -0.2) is 24.6 Å². The molecule has 0 unspecified atom stereocenters. The predicted molar refractivity (Wildman–Crippen MR) is 72.5 cm³/mol. The first-order valence-corrected chi connectivity index (χ1v) is 8.01. The third-order valence-electron chi connectivity index (χ3n) is 3.84. The second kappa shape index (κ2) is 4.56. The fourth-order valence-corrected chi connectivity index (χ4v) is 3.84. The van der Waals surface area contributed by atoms with Crippen molar-refractivity contribution in [1.82, 2.24) is 14.8 Å². The third kappa shape index (κ3) is 1.94. The van der Waals surface area contributed by atoms with Crippen LogP contribution in [0.1, 0.15) is 42.9 Å². The van der Waals surface area contributed by atoms with Crippen molar-refractivity contribution in [2.45, 2.75) is 41.9 Å². The topological polar surface area (TPSA) is 53.8 Å². The van der Waals surface area contributed by atoms with E-state index in [1.807, 2.05) is 30.3 Å². The molecule has 4 rings (SSSR count). The summed E-state index contributed by atoms with van der Waals surface area (Å²) in [6.07, 6.45) is 1.14. The molecule has 1 aromatic carbocycles. The predicted octanol–water partition coefficient (Wildman–Crippen LogP) is 2.55. The van der Waals surface area contributed by atoms with Crippen LogP contribution in [-0.2, 0) is 11.2 Å². The van der Waals surface area contributed by atoms with Crippen molar-refractivity contribution in [3.8, 4) is 0 Å². The molecule has 2 heterocycles. The van der Waals surface area contributed by atoms with E-state index in [0.717, 1.165) is 18.4 Å². The monoisotopic (exact) mass is 291 g/mol. The molecule has 0 bridgehead atoms. The highest BCUT2D eigenvalue weighted by Gasteiger charge is 2.42. The molecular formula is C14H14FN3OS. The summed E-state index contributed by atoms with van der Waals surface area (Å²) < 4.78 is 27.9. The zero-order valence-electron chi connectivity index (χ0n) is 10.8. The van der Waals surface area contributed by atoms with Gasteiger partial charge < -0.3 is 4.55 Å². The van der Waals surface area contributed by atoms with Crippen molar-refractivity contribution >= 4 is 11.2 Å². The first kappa shape index (κ1) is 12.3. The summed E-state index contributed by atoms with van der Waals surface area (Å²) in [5.41, 5.74) is 1.02. The van der Waals surface area contributed by atoms with Gasteiger partial charge in [-0.2, -0.15) is 4.98 Å². The quantitative estimate of drug-likeness (QED) is 0.817. The van der Waals surface area contributed by atoms with E-state index in [0.29, 0.717) is 17.4 Å². The van der Waals surface area contributed by atoms with Gasteiger partial charge in [-0.1, -0.05) is 30.3 Å². The molecule has 104 valence electrons. The minimum Gasteiger partial charge on any atom is -0.609 e. The van der Waals surface area contributed by atoms with Gasteiger partial charge in [-0.15, -0.1) is 5.10 Å². The molecule has 0 spiro atoms. The number of nitrogens with zero attached hydrogens (tertiary/aromatic N) is 3. The average Bonchev–Trinajstić information content (AvgIpc) is 3.15. The molecule has 0 saturated heterocycles. The smallest absolute Gasteiger partial charge is 0.361 e. The van der Waals surface area contributed by atoms with Gasteiger partial charge in [-0.3, -0.25) is 0 Å². The van der Waals surface area contributed by atoms with Crippen LogP contribution in [0.25, 0.3) is 0 Å². The Hall–Kier alpha value is -1.40. The molecule has 0 amide bonds. The van der Waals surface area contributed by atoms with Crippen LogP contribution < -0.4 is 0 Å². The lowest BCUT2D eigenvalue weighted by molar-refractivity contribution is 0.326. The van der Waals surface area contributed by atoms with Gasteiger partial charge in [0.25, 0.3) is 0 Å². The van der Waals surface area contributed by atoms with Crippen LogP contribution in [0.15, 0.2) is 35.5 Å². The Morgan fingerprint density at radius 1 is 1.25 bits per heavy atom. The maximum absolute atomic E-state index is 14.1. The lowest BCUT2D eigenvalue weighted by Gasteiger charge is -2.11. The van der Waals surface area contributed by atoms with Gasteiger partial charge in [0.1, 0.15) is 5.25 Å². The van der Waals surface area contributed by atoms with Gasteiger partial charge in [-0.05, 0) is 5.56 Å².